The summed E-state index contributed by atoms with van der Waals surface area (Å²) < 4.78 is 5.26. The number of cyclic esters (lactones) is 1. The molecule has 2 fully saturated rings. The molecule has 1 N–H and O–H groups in total. The van der Waals surface area contributed by atoms with Gasteiger partial charge in [0.2, 0.25) is 0 Å². The Morgan fingerprint density at radius 1 is 1.19 bits per heavy atom. The molecule has 21 heavy (non-hydrogen) atoms. The van der Waals surface area contributed by atoms with E-state index in [0.717, 1.165) is 38.4 Å². The molecule has 1 aromatic carbocycles. The van der Waals surface area contributed by atoms with Crippen molar-refractivity contribution in [3.05, 3.63) is 35.9 Å². The summed E-state index contributed by atoms with van der Waals surface area (Å²) in [6.45, 7) is 3.59. The third-order valence-electron chi connectivity index (χ3n) is 4.63. The average Bonchev–Trinajstić information content (AvgIpc) is 2.87. The number of amides is 1. The van der Waals surface area contributed by atoms with Gasteiger partial charge >= 0.3 is 6.09 Å². The fourth-order valence-corrected chi connectivity index (χ4v) is 3.31. The molecule has 4 nitrogen and oxygen atoms in total. The summed E-state index contributed by atoms with van der Waals surface area (Å²) in [7, 11) is 0. The Morgan fingerprint density at radius 2 is 1.95 bits per heavy atom. The van der Waals surface area contributed by atoms with Gasteiger partial charge in [0.05, 0.1) is 6.04 Å². The quantitative estimate of drug-likeness (QED) is 0.905. The molecule has 2 aliphatic heterocycles. The van der Waals surface area contributed by atoms with Gasteiger partial charge in [0.25, 0.3) is 0 Å². The number of benzene rings is 1. The van der Waals surface area contributed by atoms with Gasteiger partial charge in [0, 0.05) is 6.54 Å². The summed E-state index contributed by atoms with van der Waals surface area (Å²) in [5.41, 5.74) is 1.27. The minimum Gasteiger partial charge on any atom is -0.447 e. The van der Waals surface area contributed by atoms with E-state index >= 15 is 0 Å². The van der Waals surface area contributed by atoms with Crippen LogP contribution in [-0.4, -0.2) is 43.3 Å². The van der Waals surface area contributed by atoms with E-state index in [2.05, 4.69) is 17.4 Å². The Kier molecular flexibility index (Phi) is 4.76. The van der Waals surface area contributed by atoms with Crippen LogP contribution >= 0.6 is 0 Å². The predicted molar refractivity (Wildman–Crippen MR) is 82.2 cm³/mol. The molecule has 1 amide bonds. The standard InChI is InChI=1S/C17H24N2O2/c20-17-19(11-8-14-6-9-18-10-7-14)16(13-21-17)12-15-4-2-1-3-5-15/h1-5,14,16,18H,6-13H2/t16-/m0/s1. The average molecular weight is 288 g/mol. The third-order valence-corrected chi connectivity index (χ3v) is 4.63. The first kappa shape index (κ1) is 14.4. The van der Waals surface area contributed by atoms with Gasteiger partial charge < -0.3 is 15.0 Å². The predicted octanol–water partition coefficient (Wildman–Crippen LogP) is 2.44. The monoisotopic (exact) mass is 288 g/mol. The van der Waals surface area contributed by atoms with E-state index in [1.54, 1.807) is 0 Å². The molecule has 0 spiro atoms. The fourth-order valence-electron chi connectivity index (χ4n) is 3.31. The number of hydrogen-bond donors (Lipinski definition) is 1. The number of nitrogens with zero attached hydrogens (tertiary/aromatic N) is 1. The van der Waals surface area contributed by atoms with Crippen LogP contribution in [0.15, 0.2) is 30.3 Å². The highest BCUT2D eigenvalue weighted by Gasteiger charge is 2.33. The summed E-state index contributed by atoms with van der Waals surface area (Å²) in [6.07, 6.45) is 4.31. The van der Waals surface area contributed by atoms with E-state index < -0.39 is 0 Å². The van der Waals surface area contributed by atoms with Crippen molar-refractivity contribution in [2.24, 2.45) is 5.92 Å². The highest BCUT2D eigenvalue weighted by molar-refractivity contribution is 5.70. The Labute approximate surface area is 126 Å². The van der Waals surface area contributed by atoms with Crippen molar-refractivity contribution in [3.63, 3.8) is 0 Å². The highest BCUT2D eigenvalue weighted by Crippen LogP contribution is 2.21. The number of rotatable bonds is 5. The van der Waals surface area contributed by atoms with Crippen LogP contribution in [0.1, 0.15) is 24.8 Å². The summed E-state index contributed by atoms with van der Waals surface area (Å²) in [5.74, 6) is 0.747. The number of carbonyl (C=O) groups excluding carboxylic acids is 1. The molecule has 2 saturated heterocycles. The Morgan fingerprint density at radius 3 is 2.71 bits per heavy atom. The Hall–Kier alpha value is -1.55. The maximum absolute atomic E-state index is 11.9. The van der Waals surface area contributed by atoms with Crippen LogP contribution in [0.3, 0.4) is 0 Å². The van der Waals surface area contributed by atoms with E-state index in [1.807, 2.05) is 23.1 Å². The zero-order valence-corrected chi connectivity index (χ0v) is 12.5. The van der Waals surface area contributed by atoms with Crippen molar-refractivity contribution in [3.8, 4) is 0 Å². The first-order valence-electron chi connectivity index (χ1n) is 8.01. The van der Waals surface area contributed by atoms with Gasteiger partial charge in [0.15, 0.2) is 0 Å². The molecule has 1 aromatic rings. The minimum absolute atomic E-state index is 0.134. The van der Waals surface area contributed by atoms with Crippen LogP contribution in [0, 0.1) is 5.92 Å². The second kappa shape index (κ2) is 6.94. The molecule has 4 heteroatoms. The number of ether oxygens (including phenoxy) is 1. The van der Waals surface area contributed by atoms with Gasteiger partial charge in [-0.1, -0.05) is 30.3 Å². The van der Waals surface area contributed by atoms with Crippen LogP contribution in [0.2, 0.25) is 0 Å². The Bertz CT molecular complexity index is 457. The molecular formula is C17H24N2O2. The Balaban J connectivity index is 1.55. The van der Waals surface area contributed by atoms with Crippen LogP contribution in [0.4, 0.5) is 4.79 Å². The van der Waals surface area contributed by atoms with Gasteiger partial charge in [-0.05, 0) is 50.3 Å². The first-order valence-corrected chi connectivity index (χ1v) is 8.01. The molecule has 0 saturated carbocycles. The molecule has 0 aliphatic carbocycles. The molecule has 0 bridgehead atoms. The lowest BCUT2D eigenvalue weighted by molar-refractivity contribution is 0.154. The lowest BCUT2D eigenvalue weighted by Crippen LogP contribution is -2.37. The topological polar surface area (TPSA) is 41.6 Å². The van der Waals surface area contributed by atoms with Crippen LogP contribution < -0.4 is 5.32 Å². The maximum atomic E-state index is 11.9. The second-order valence-electron chi connectivity index (χ2n) is 6.10. The van der Waals surface area contributed by atoms with Crippen LogP contribution in [0.5, 0.6) is 0 Å². The third kappa shape index (κ3) is 3.76. The molecule has 0 aromatic heterocycles. The SMILES string of the molecule is O=C1OC[C@H](Cc2ccccc2)N1CCC1CCNCC1. The van der Waals surface area contributed by atoms with Crippen LogP contribution in [-0.2, 0) is 11.2 Å². The van der Waals surface area contributed by atoms with E-state index in [-0.39, 0.29) is 12.1 Å². The van der Waals surface area contributed by atoms with Crippen LogP contribution in [0.25, 0.3) is 0 Å². The summed E-state index contributed by atoms with van der Waals surface area (Å²) in [5, 5.41) is 3.39. The largest absolute Gasteiger partial charge is 0.447 e. The molecule has 2 heterocycles. The number of piperidine rings is 1. The normalized spacial score (nSPS) is 23.3. The molecule has 0 radical (unpaired) electrons. The number of hydrogen-bond acceptors (Lipinski definition) is 3. The van der Waals surface area contributed by atoms with Gasteiger partial charge in [-0.3, -0.25) is 0 Å². The maximum Gasteiger partial charge on any atom is 0.410 e. The molecule has 0 unspecified atom stereocenters. The zero-order chi connectivity index (χ0) is 14.5. The molecule has 2 aliphatic rings. The van der Waals surface area contributed by atoms with Crippen molar-refractivity contribution in [1.82, 2.24) is 10.2 Å². The summed E-state index contributed by atoms with van der Waals surface area (Å²) >= 11 is 0. The van der Waals surface area contributed by atoms with Crippen molar-refractivity contribution >= 4 is 6.09 Å². The smallest absolute Gasteiger partial charge is 0.410 e. The van der Waals surface area contributed by atoms with E-state index in [9.17, 15) is 4.79 Å². The van der Waals surface area contributed by atoms with Gasteiger partial charge in [-0.2, -0.15) is 0 Å². The molecule has 114 valence electrons. The fraction of sp³-hybridized carbons (Fsp3) is 0.588. The van der Waals surface area contributed by atoms with Gasteiger partial charge in [-0.15, -0.1) is 0 Å². The highest BCUT2D eigenvalue weighted by atomic mass is 16.6. The van der Waals surface area contributed by atoms with Crippen molar-refractivity contribution in [1.29, 1.82) is 0 Å². The minimum atomic E-state index is -0.134. The molecule has 1 atom stereocenters. The lowest BCUT2D eigenvalue weighted by atomic mass is 9.94. The van der Waals surface area contributed by atoms with Crippen molar-refractivity contribution in [2.75, 3.05) is 26.2 Å². The van der Waals surface area contributed by atoms with Gasteiger partial charge in [-0.25, -0.2) is 4.79 Å². The molecular weight excluding hydrogens is 264 g/mol. The summed E-state index contributed by atoms with van der Waals surface area (Å²) in [6, 6.07) is 10.6. The number of nitrogens with one attached hydrogen (secondary N) is 1. The second-order valence-corrected chi connectivity index (χ2v) is 6.10. The molecule has 3 rings (SSSR count). The zero-order valence-electron chi connectivity index (χ0n) is 12.5. The van der Waals surface area contributed by atoms with E-state index in [4.69, 9.17) is 4.74 Å². The van der Waals surface area contributed by atoms with E-state index in [0.29, 0.717) is 6.61 Å². The number of carbonyl (C=O) groups is 1. The first-order chi connectivity index (χ1) is 10.3. The van der Waals surface area contributed by atoms with E-state index in [1.165, 1.54) is 18.4 Å². The van der Waals surface area contributed by atoms with Crippen molar-refractivity contribution in [2.45, 2.75) is 31.7 Å². The summed E-state index contributed by atoms with van der Waals surface area (Å²) in [4.78, 5) is 13.9. The lowest BCUT2D eigenvalue weighted by Gasteiger charge is -2.26. The van der Waals surface area contributed by atoms with Crippen molar-refractivity contribution < 1.29 is 9.53 Å². The van der Waals surface area contributed by atoms with Gasteiger partial charge in [0.1, 0.15) is 6.61 Å².